The van der Waals surface area contributed by atoms with Crippen molar-refractivity contribution in [3.8, 4) is 11.5 Å². The second-order valence-corrected chi connectivity index (χ2v) is 8.62. The summed E-state index contributed by atoms with van der Waals surface area (Å²) in [6, 6.07) is 7.35. The van der Waals surface area contributed by atoms with Gasteiger partial charge in [-0.15, -0.1) is 0 Å². The van der Waals surface area contributed by atoms with Crippen LogP contribution in [0.4, 0.5) is 16.2 Å². The van der Waals surface area contributed by atoms with Gasteiger partial charge >= 0.3 is 0 Å². The minimum absolute atomic E-state index is 0.0725. The van der Waals surface area contributed by atoms with E-state index in [4.69, 9.17) is 27.6 Å². The number of nitrogens with zero attached hydrogens (tertiary/aromatic N) is 5. The molecule has 1 amide bonds. The number of amides is 1. The molecule has 35 heavy (non-hydrogen) atoms. The fraction of sp³-hybridized carbons (Fsp3) is 0.174. The molecule has 5 rings (SSSR count). The van der Waals surface area contributed by atoms with Gasteiger partial charge in [0, 0.05) is 32.5 Å². The number of fused-ring (bicyclic) bond motifs is 1. The maximum Gasteiger partial charge on any atom is 0.259 e. The van der Waals surface area contributed by atoms with Gasteiger partial charge in [-0.2, -0.15) is 5.10 Å². The molecule has 0 saturated heterocycles. The molecule has 0 fully saturated rings. The van der Waals surface area contributed by atoms with Crippen LogP contribution in [0.25, 0.3) is 11.5 Å². The summed E-state index contributed by atoms with van der Waals surface area (Å²) in [5.41, 5.74) is 1.09. The number of furan rings is 1. The van der Waals surface area contributed by atoms with Crippen LogP contribution in [-0.4, -0.2) is 48.4 Å². The Morgan fingerprint density at radius 3 is 2.83 bits per heavy atom. The predicted octanol–water partition coefficient (Wildman–Crippen LogP) is 4.23. The second-order valence-electron chi connectivity index (χ2n) is 7.81. The molecular weight excluding hydrogens is 498 g/mol. The van der Waals surface area contributed by atoms with E-state index in [9.17, 15) is 14.3 Å². The molecule has 0 saturated carbocycles. The van der Waals surface area contributed by atoms with E-state index in [0.29, 0.717) is 40.6 Å². The van der Waals surface area contributed by atoms with Crippen molar-refractivity contribution in [3.63, 3.8) is 0 Å². The van der Waals surface area contributed by atoms with E-state index in [1.807, 2.05) is 0 Å². The first kappa shape index (κ1) is 23.3. The Balaban J connectivity index is 1.37. The summed E-state index contributed by atoms with van der Waals surface area (Å²) in [6.45, 7) is 0.218. The molecule has 0 bridgehead atoms. The Morgan fingerprint density at radius 1 is 1.26 bits per heavy atom. The third-order valence-electron chi connectivity index (χ3n) is 5.52. The number of carbonyl (C=O) groups excluding carboxylic acids is 1. The van der Waals surface area contributed by atoms with E-state index < -0.39 is 18.0 Å². The van der Waals surface area contributed by atoms with Gasteiger partial charge in [-0.1, -0.05) is 29.3 Å². The van der Waals surface area contributed by atoms with Crippen molar-refractivity contribution >= 4 is 40.9 Å². The van der Waals surface area contributed by atoms with Gasteiger partial charge in [0.1, 0.15) is 29.3 Å². The lowest BCUT2D eigenvalue weighted by atomic mass is 10.0. The van der Waals surface area contributed by atoms with Gasteiger partial charge < -0.3 is 19.7 Å². The van der Waals surface area contributed by atoms with E-state index in [-0.39, 0.29) is 22.5 Å². The second kappa shape index (κ2) is 9.29. The first-order valence-electron chi connectivity index (χ1n) is 10.5. The zero-order valence-electron chi connectivity index (χ0n) is 18.2. The van der Waals surface area contributed by atoms with Crippen molar-refractivity contribution in [2.75, 3.05) is 11.9 Å². The molecule has 0 aliphatic carbocycles. The number of aromatic nitrogens is 4. The van der Waals surface area contributed by atoms with Crippen LogP contribution in [0, 0.1) is 12.2 Å². The van der Waals surface area contributed by atoms with Crippen LogP contribution >= 0.6 is 23.2 Å². The quantitative estimate of drug-likeness (QED) is 0.395. The van der Waals surface area contributed by atoms with Gasteiger partial charge in [-0.05, 0) is 23.8 Å². The number of rotatable bonds is 6. The van der Waals surface area contributed by atoms with Crippen LogP contribution in [0.1, 0.15) is 21.7 Å². The van der Waals surface area contributed by atoms with Gasteiger partial charge in [0.15, 0.2) is 5.76 Å². The number of aryl methyl sites for hydroxylation is 1. The predicted molar refractivity (Wildman–Crippen MR) is 127 cm³/mol. The van der Waals surface area contributed by atoms with Crippen molar-refractivity contribution in [2.24, 2.45) is 7.05 Å². The van der Waals surface area contributed by atoms with Crippen LogP contribution in [-0.2, 0) is 13.5 Å². The van der Waals surface area contributed by atoms with Crippen molar-refractivity contribution in [3.05, 3.63) is 81.9 Å². The molecule has 0 unspecified atom stereocenters. The summed E-state index contributed by atoms with van der Waals surface area (Å²) >= 11 is 12.1. The number of hydrogen-bond acceptors (Lipinski definition) is 7. The number of benzene rings is 1. The maximum absolute atomic E-state index is 13.4. The van der Waals surface area contributed by atoms with Gasteiger partial charge in [-0.3, -0.25) is 9.48 Å². The Labute approximate surface area is 209 Å². The molecule has 2 N–H and O–H groups in total. The molecule has 9 nitrogen and oxygen atoms in total. The molecule has 1 radical (unpaired) electrons. The van der Waals surface area contributed by atoms with E-state index in [0.717, 1.165) is 0 Å². The first-order chi connectivity index (χ1) is 16.8. The average Bonchev–Trinajstić information content (AvgIpc) is 3.44. The Morgan fingerprint density at radius 2 is 2.09 bits per heavy atom. The molecule has 12 heteroatoms. The van der Waals surface area contributed by atoms with Gasteiger partial charge in [0.05, 0.1) is 28.0 Å². The molecular formula is C23H18Cl2FN6O3. The van der Waals surface area contributed by atoms with Crippen molar-refractivity contribution in [1.82, 2.24) is 24.6 Å². The molecule has 0 spiro atoms. The molecule has 4 heterocycles. The smallest absolute Gasteiger partial charge is 0.259 e. The average molecular weight is 516 g/mol. The molecule has 1 atom stereocenters. The number of aliphatic hydroxyl groups excluding tert-OH is 1. The monoisotopic (exact) mass is 515 g/mol. The third kappa shape index (κ3) is 4.60. The number of carbonyl (C=O) groups is 1. The number of hydrogen-bond donors (Lipinski definition) is 2. The highest BCUT2D eigenvalue weighted by Crippen LogP contribution is 2.33. The zero-order valence-corrected chi connectivity index (χ0v) is 19.8. The largest absolute Gasteiger partial charge is 0.458 e. The van der Waals surface area contributed by atoms with Crippen molar-refractivity contribution in [1.29, 1.82) is 0 Å². The number of aliphatic hydroxyl groups is 1. The number of nitrogens with one attached hydrogen (secondary N) is 1. The van der Waals surface area contributed by atoms with E-state index in [1.165, 1.54) is 35.7 Å². The van der Waals surface area contributed by atoms with Crippen molar-refractivity contribution < 1.29 is 18.7 Å². The standard InChI is InChI=1S/C23H18Cl2FN6O3/c1-31-19(4-6-28-31)29-23-27-11-15(25)21(30-23)18-10-13-17(35-18)5-7-32(22(13)34)20(33)9-12-2-3-16(26)14(24)8-12/h2-4,6,8-11,20,33H,5,7H2,1H3,(H,27,29,30)/t20-/m0/s1. The van der Waals surface area contributed by atoms with Crippen molar-refractivity contribution in [2.45, 2.75) is 12.6 Å². The summed E-state index contributed by atoms with van der Waals surface area (Å²) in [5, 5.41) is 18.0. The number of anilines is 2. The summed E-state index contributed by atoms with van der Waals surface area (Å²) in [4.78, 5) is 23.0. The zero-order chi connectivity index (χ0) is 24.7. The van der Waals surface area contributed by atoms with Gasteiger partial charge in [-0.25, -0.2) is 14.4 Å². The Hall–Kier alpha value is -3.47. The highest BCUT2D eigenvalue weighted by atomic mass is 35.5. The fourth-order valence-electron chi connectivity index (χ4n) is 3.73. The minimum atomic E-state index is -1.24. The van der Waals surface area contributed by atoms with Crippen LogP contribution in [0.5, 0.6) is 0 Å². The lowest BCUT2D eigenvalue weighted by Gasteiger charge is -2.30. The SMILES string of the molecule is Cn1nccc1Nc1ncc(Cl)c(-c2cc3c(o2)CCN([C@@H](O)[CH]c2ccc(F)c(Cl)c2)C3=O)n1. The van der Waals surface area contributed by atoms with Crippen LogP contribution in [0.15, 0.2) is 47.1 Å². The maximum atomic E-state index is 13.4. The lowest BCUT2D eigenvalue weighted by molar-refractivity contribution is 0.0220. The minimum Gasteiger partial charge on any atom is -0.458 e. The van der Waals surface area contributed by atoms with Gasteiger partial charge in [0.25, 0.3) is 5.91 Å². The van der Waals surface area contributed by atoms with E-state index >= 15 is 0 Å². The normalized spacial score (nSPS) is 14.2. The molecule has 179 valence electrons. The molecule has 4 aromatic rings. The summed E-state index contributed by atoms with van der Waals surface area (Å²) in [6.07, 6.45) is 3.62. The first-order valence-corrected chi connectivity index (χ1v) is 11.3. The number of halogens is 3. The Kier molecular flexibility index (Phi) is 6.18. The van der Waals surface area contributed by atoms with Crippen LogP contribution in [0.3, 0.4) is 0 Å². The molecule has 1 aromatic carbocycles. The topological polar surface area (TPSA) is 109 Å². The highest BCUT2D eigenvalue weighted by molar-refractivity contribution is 6.32. The summed E-state index contributed by atoms with van der Waals surface area (Å²) < 4.78 is 21.0. The summed E-state index contributed by atoms with van der Waals surface area (Å²) in [7, 11) is 1.77. The van der Waals surface area contributed by atoms with E-state index in [2.05, 4.69) is 20.4 Å². The summed E-state index contributed by atoms with van der Waals surface area (Å²) in [5.74, 6) is 0.735. The van der Waals surface area contributed by atoms with Gasteiger partial charge in [0.2, 0.25) is 5.95 Å². The lowest BCUT2D eigenvalue weighted by Crippen LogP contribution is -2.44. The molecule has 1 aliphatic rings. The third-order valence-corrected chi connectivity index (χ3v) is 6.09. The highest BCUT2D eigenvalue weighted by Gasteiger charge is 2.33. The van der Waals surface area contributed by atoms with Crippen LogP contribution in [0.2, 0.25) is 10.0 Å². The fourth-order valence-corrected chi connectivity index (χ4v) is 4.11. The van der Waals surface area contributed by atoms with Crippen LogP contribution < -0.4 is 5.32 Å². The molecule has 3 aromatic heterocycles. The Bertz CT molecular complexity index is 1420. The molecule has 1 aliphatic heterocycles. The van der Waals surface area contributed by atoms with E-state index in [1.54, 1.807) is 30.1 Å².